The minimum atomic E-state index is 0.0522. The van der Waals surface area contributed by atoms with Gasteiger partial charge in [-0.1, -0.05) is 12.1 Å². The number of hydrogen-bond donors (Lipinski definition) is 0. The molecule has 21 heavy (non-hydrogen) atoms. The second-order valence-electron chi connectivity index (χ2n) is 5.00. The fraction of sp³-hybridized carbons (Fsp3) is 0.312. The van der Waals surface area contributed by atoms with E-state index in [4.69, 9.17) is 4.42 Å². The van der Waals surface area contributed by atoms with Crippen LogP contribution < -0.4 is 4.90 Å². The Labute approximate surface area is 123 Å². The smallest absolute Gasteiger partial charge is 0.298 e. The number of hydrogen-bond acceptors (Lipinski definition) is 5. The van der Waals surface area contributed by atoms with Crippen LogP contribution in [0.3, 0.4) is 0 Å². The van der Waals surface area contributed by atoms with Crippen LogP contribution in [0.4, 0.5) is 6.01 Å². The first-order valence-electron chi connectivity index (χ1n) is 7.01. The number of para-hydroxylation sites is 2. The monoisotopic (exact) mass is 283 g/mol. The summed E-state index contributed by atoms with van der Waals surface area (Å²) in [5, 5.41) is 0. The van der Waals surface area contributed by atoms with Crippen molar-refractivity contribution in [2.24, 2.45) is 4.99 Å². The molecule has 108 valence electrons. The lowest BCUT2D eigenvalue weighted by atomic mass is 10.0. The molecule has 0 spiro atoms. The number of rotatable bonds is 3. The van der Waals surface area contributed by atoms with Crippen molar-refractivity contribution in [2.75, 3.05) is 18.0 Å². The van der Waals surface area contributed by atoms with Gasteiger partial charge in [-0.15, -0.1) is 0 Å². The molecule has 0 fully saturated rings. The zero-order valence-corrected chi connectivity index (χ0v) is 12.2. The quantitative estimate of drug-likeness (QED) is 0.813. The van der Waals surface area contributed by atoms with Crippen LogP contribution in [-0.2, 0) is 4.79 Å². The molecule has 0 N–H and O–H groups in total. The van der Waals surface area contributed by atoms with Crippen LogP contribution in [0.2, 0.25) is 0 Å². The molecule has 0 bridgehead atoms. The number of nitrogens with zero attached hydrogens (tertiary/aromatic N) is 3. The summed E-state index contributed by atoms with van der Waals surface area (Å²) in [6.45, 7) is 4.68. The van der Waals surface area contributed by atoms with Crippen molar-refractivity contribution >= 4 is 29.1 Å². The van der Waals surface area contributed by atoms with Gasteiger partial charge in [-0.05, 0) is 26.0 Å². The molecular formula is C16H17N3O2. The van der Waals surface area contributed by atoms with E-state index >= 15 is 0 Å². The van der Waals surface area contributed by atoms with Crippen LogP contribution in [0, 0.1) is 0 Å². The summed E-state index contributed by atoms with van der Waals surface area (Å²) in [4.78, 5) is 22.6. The number of carbonyl (C=O) groups is 1. The Bertz CT molecular complexity index is 710. The average Bonchev–Trinajstić information content (AvgIpc) is 2.91. The molecule has 0 atom stereocenters. The van der Waals surface area contributed by atoms with Gasteiger partial charge in [0.05, 0.1) is 12.2 Å². The number of oxazole rings is 1. The van der Waals surface area contributed by atoms with E-state index in [0.29, 0.717) is 12.6 Å². The molecule has 3 rings (SSSR count). The summed E-state index contributed by atoms with van der Waals surface area (Å²) in [7, 11) is 0. The van der Waals surface area contributed by atoms with Gasteiger partial charge in [-0.25, -0.2) is 0 Å². The zero-order chi connectivity index (χ0) is 14.8. The van der Waals surface area contributed by atoms with Crippen molar-refractivity contribution in [2.45, 2.75) is 20.3 Å². The van der Waals surface area contributed by atoms with Gasteiger partial charge >= 0.3 is 0 Å². The van der Waals surface area contributed by atoms with Gasteiger partial charge in [0.2, 0.25) is 0 Å². The third-order valence-corrected chi connectivity index (χ3v) is 3.58. The Morgan fingerprint density at radius 3 is 2.95 bits per heavy atom. The van der Waals surface area contributed by atoms with Crippen LogP contribution in [0.15, 0.2) is 44.9 Å². The number of ketones is 1. The molecule has 0 unspecified atom stereocenters. The Morgan fingerprint density at radius 2 is 2.24 bits per heavy atom. The largest absolute Gasteiger partial charge is 0.423 e. The summed E-state index contributed by atoms with van der Waals surface area (Å²) >= 11 is 0. The number of aliphatic imine (C=N–C) groups is 1. The molecule has 5 nitrogen and oxygen atoms in total. The second kappa shape index (κ2) is 5.52. The number of benzene rings is 1. The molecule has 5 heteroatoms. The fourth-order valence-electron chi connectivity index (χ4n) is 2.52. The SMILES string of the molecule is CC=NC1=C(C(C)=O)CN(c2nc3ccccc3o2)CC1. The van der Waals surface area contributed by atoms with Crippen molar-refractivity contribution in [1.29, 1.82) is 0 Å². The van der Waals surface area contributed by atoms with Crippen molar-refractivity contribution < 1.29 is 9.21 Å². The van der Waals surface area contributed by atoms with Gasteiger partial charge in [0.15, 0.2) is 11.4 Å². The highest BCUT2D eigenvalue weighted by molar-refractivity contribution is 5.95. The van der Waals surface area contributed by atoms with Gasteiger partial charge in [0.1, 0.15) is 5.52 Å². The van der Waals surface area contributed by atoms with E-state index in [1.807, 2.05) is 36.1 Å². The average molecular weight is 283 g/mol. The summed E-state index contributed by atoms with van der Waals surface area (Å²) in [5.74, 6) is 0.0522. The van der Waals surface area contributed by atoms with E-state index in [2.05, 4.69) is 9.98 Å². The maximum absolute atomic E-state index is 11.8. The molecule has 2 aromatic rings. The van der Waals surface area contributed by atoms with E-state index in [0.717, 1.165) is 35.3 Å². The van der Waals surface area contributed by atoms with Crippen molar-refractivity contribution in [1.82, 2.24) is 4.98 Å². The molecule has 2 heterocycles. The third-order valence-electron chi connectivity index (χ3n) is 3.58. The highest BCUT2D eigenvalue weighted by atomic mass is 16.4. The molecule has 1 aromatic heterocycles. The third kappa shape index (κ3) is 2.59. The fourth-order valence-corrected chi connectivity index (χ4v) is 2.52. The molecule has 0 radical (unpaired) electrons. The lowest BCUT2D eigenvalue weighted by Crippen LogP contribution is -2.33. The van der Waals surface area contributed by atoms with Gasteiger partial charge in [0, 0.05) is 24.8 Å². The van der Waals surface area contributed by atoms with E-state index in [1.54, 1.807) is 13.1 Å². The minimum Gasteiger partial charge on any atom is -0.423 e. The highest BCUT2D eigenvalue weighted by Gasteiger charge is 2.24. The second-order valence-corrected chi connectivity index (χ2v) is 5.00. The topological polar surface area (TPSA) is 58.7 Å². The van der Waals surface area contributed by atoms with Crippen LogP contribution in [0.5, 0.6) is 0 Å². The highest BCUT2D eigenvalue weighted by Crippen LogP contribution is 2.27. The van der Waals surface area contributed by atoms with E-state index in [9.17, 15) is 4.79 Å². The predicted molar refractivity (Wildman–Crippen MR) is 82.7 cm³/mol. The standard InChI is InChI=1S/C16H17N3O2/c1-3-17-13-8-9-19(10-12(13)11(2)20)16-18-14-6-4-5-7-15(14)21-16/h3-7H,8-10H2,1-2H3. The number of Topliss-reactive ketones (excluding diaryl/α,β-unsaturated/α-hetero) is 1. The molecule has 1 aromatic carbocycles. The maximum Gasteiger partial charge on any atom is 0.298 e. The van der Waals surface area contributed by atoms with Gasteiger partial charge in [-0.3, -0.25) is 9.79 Å². The van der Waals surface area contributed by atoms with E-state index < -0.39 is 0 Å². The first-order valence-corrected chi connectivity index (χ1v) is 7.01. The van der Waals surface area contributed by atoms with Crippen molar-refractivity contribution in [3.05, 3.63) is 35.5 Å². The van der Waals surface area contributed by atoms with Crippen LogP contribution >= 0.6 is 0 Å². The first-order chi connectivity index (χ1) is 10.2. The molecule has 0 amide bonds. The predicted octanol–water partition coefficient (Wildman–Crippen LogP) is 2.97. The van der Waals surface area contributed by atoms with Crippen LogP contribution in [0.25, 0.3) is 11.1 Å². The lowest BCUT2D eigenvalue weighted by Gasteiger charge is -2.27. The number of anilines is 1. The number of fused-ring (bicyclic) bond motifs is 1. The molecule has 0 aliphatic carbocycles. The Hall–Kier alpha value is -2.43. The summed E-state index contributed by atoms with van der Waals surface area (Å²) in [5.41, 5.74) is 3.20. The minimum absolute atomic E-state index is 0.0522. The number of aromatic nitrogens is 1. The van der Waals surface area contributed by atoms with E-state index in [1.165, 1.54) is 0 Å². The Morgan fingerprint density at radius 1 is 1.43 bits per heavy atom. The first kappa shape index (κ1) is 13.5. The summed E-state index contributed by atoms with van der Waals surface area (Å²) in [6, 6.07) is 8.22. The van der Waals surface area contributed by atoms with E-state index in [-0.39, 0.29) is 5.78 Å². The molecule has 1 aliphatic rings. The Kier molecular flexibility index (Phi) is 3.56. The van der Waals surface area contributed by atoms with Crippen LogP contribution in [0.1, 0.15) is 20.3 Å². The summed E-state index contributed by atoms with van der Waals surface area (Å²) < 4.78 is 5.77. The van der Waals surface area contributed by atoms with Gasteiger partial charge in [-0.2, -0.15) is 4.98 Å². The molecule has 0 saturated heterocycles. The van der Waals surface area contributed by atoms with Gasteiger partial charge < -0.3 is 9.32 Å². The number of carbonyl (C=O) groups excluding carboxylic acids is 1. The molecule has 1 aliphatic heterocycles. The van der Waals surface area contributed by atoms with Crippen LogP contribution in [-0.4, -0.2) is 30.1 Å². The normalized spacial score (nSPS) is 16.2. The molecular weight excluding hydrogens is 266 g/mol. The lowest BCUT2D eigenvalue weighted by molar-refractivity contribution is -0.113. The summed E-state index contributed by atoms with van der Waals surface area (Å²) in [6.07, 6.45) is 2.45. The van der Waals surface area contributed by atoms with Crippen molar-refractivity contribution in [3.8, 4) is 0 Å². The zero-order valence-electron chi connectivity index (χ0n) is 12.2. The van der Waals surface area contributed by atoms with Crippen molar-refractivity contribution in [3.63, 3.8) is 0 Å². The molecule has 0 saturated carbocycles. The Balaban J connectivity index is 1.93. The van der Waals surface area contributed by atoms with Gasteiger partial charge in [0.25, 0.3) is 6.01 Å². The maximum atomic E-state index is 11.8.